The molecule has 0 aromatic rings. The first-order valence-electron chi connectivity index (χ1n) is 6.41. The summed E-state index contributed by atoms with van der Waals surface area (Å²) in [6.45, 7) is 9.91. The van der Waals surface area contributed by atoms with E-state index in [0.29, 0.717) is 11.3 Å². The van der Waals surface area contributed by atoms with Crippen LogP contribution in [0.2, 0.25) is 0 Å². The molecule has 3 N–H and O–H groups in total. The molecule has 1 saturated carbocycles. The zero-order valence-electron chi connectivity index (χ0n) is 11.6. The molecule has 1 aliphatic rings. The Bertz CT molecular complexity index is 225. The largest absolute Gasteiger partial charge is 0.329 e. The fourth-order valence-electron chi connectivity index (χ4n) is 3.24. The zero-order valence-corrected chi connectivity index (χ0v) is 11.6. The average Bonchev–Trinajstić information content (AvgIpc) is 2.36. The van der Waals surface area contributed by atoms with Gasteiger partial charge >= 0.3 is 0 Å². The van der Waals surface area contributed by atoms with Crippen molar-refractivity contribution in [3.8, 4) is 0 Å². The maximum Gasteiger partial charge on any atom is 0.0335 e. The molecule has 3 nitrogen and oxygen atoms in total. The van der Waals surface area contributed by atoms with Crippen molar-refractivity contribution in [3.05, 3.63) is 0 Å². The second kappa shape index (κ2) is 5.03. The van der Waals surface area contributed by atoms with Gasteiger partial charge in [-0.15, -0.1) is 0 Å². The average molecular weight is 227 g/mol. The highest BCUT2D eigenvalue weighted by Crippen LogP contribution is 2.46. The van der Waals surface area contributed by atoms with Crippen LogP contribution in [-0.4, -0.2) is 44.2 Å². The van der Waals surface area contributed by atoms with Gasteiger partial charge in [-0.3, -0.25) is 0 Å². The van der Waals surface area contributed by atoms with Crippen molar-refractivity contribution in [2.24, 2.45) is 17.1 Å². The Morgan fingerprint density at radius 2 is 2.00 bits per heavy atom. The lowest BCUT2D eigenvalue weighted by Crippen LogP contribution is -2.55. The molecule has 0 aromatic carbocycles. The molecule has 1 rings (SSSR count). The Kier molecular flexibility index (Phi) is 4.38. The lowest BCUT2D eigenvalue weighted by atomic mass is 9.86. The van der Waals surface area contributed by atoms with Crippen LogP contribution >= 0.6 is 0 Å². The van der Waals surface area contributed by atoms with E-state index in [0.717, 1.165) is 19.6 Å². The van der Waals surface area contributed by atoms with E-state index < -0.39 is 0 Å². The quantitative estimate of drug-likeness (QED) is 0.744. The maximum absolute atomic E-state index is 6.02. The van der Waals surface area contributed by atoms with Gasteiger partial charge in [0.2, 0.25) is 0 Å². The summed E-state index contributed by atoms with van der Waals surface area (Å²) in [7, 11) is 4.22. The summed E-state index contributed by atoms with van der Waals surface area (Å²) < 4.78 is 0. The molecule has 0 aromatic heterocycles. The monoisotopic (exact) mass is 227 g/mol. The van der Waals surface area contributed by atoms with Crippen molar-refractivity contribution in [2.75, 3.05) is 33.7 Å². The molecule has 0 aliphatic heterocycles. The van der Waals surface area contributed by atoms with Gasteiger partial charge in [0.15, 0.2) is 0 Å². The van der Waals surface area contributed by atoms with Crippen molar-refractivity contribution >= 4 is 0 Å². The highest BCUT2D eigenvalue weighted by atomic mass is 15.1. The molecule has 0 heterocycles. The van der Waals surface area contributed by atoms with Gasteiger partial charge in [0, 0.05) is 25.2 Å². The topological polar surface area (TPSA) is 41.3 Å². The molecule has 3 heteroatoms. The van der Waals surface area contributed by atoms with E-state index in [1.165, 1.54) is 12.8 Å². The summed E-state index contributed by atoms with van der Waals surface area (Å²) in [5, 5.41) is 3.71. The Hall–Kier alpha value is -0.120. The summed E-state index contributed by atoms with van der Waals surface area (Å²) in [5.74, 6) is 0.676. The predicted octanol–water partition coefficient (Wildman–Crippen LogP) is 1.29. The van der Waals surface area contributed by atoms with E-state index >= 15 is 0 Å². The van der Waals surface area contributed by atoms with E-state index in [2.05, 4.69) is 45.1 Å². The molecule has 0 bridgehead atoms. The summed E-state index contributed by atoms with van der Waals surface area (Å²) >= 11 is 0. The second-order valence-corrected chi connectivity index (χ2v) is 6.54. The van der Waals surface area contributed by atoms with Crippen LogP contribution in [0.25, 0.3) is 0 Å². The van der Waals surface area contributed by atoms with Gasteiger partial charge < -0.3 is 16.0 Å². The number of likely N-dealkylation sites (N-methyl/N-ethyl adjacent to an activating group) is 1. The lowest BCUT2D eigenvalue weighted by molar-refractivity contribution is 0.245. The Balaban J connectivity index is 2.57. The molecule has 0 radical (unpaired) electrons. The zero-order chi connectivity index (χ0) is 12.4. The van der Waals surface area contributed by atoms with Crippen LogP contribution in [0.3, 0.4) is 0 Å². The van der Waals surface area contributed by atoms with Crippen molar-refractivity contribution < 1.29 is 0 Å². The third-order valence-electron chi connectivity index (χ3n) is 4.00. The predicted molar refractivity (Wildman–Crippen MR) is 70.5 cm³/mol. The van der Waals surface area contributed by atoms with Crippen LogP contribution in [0.4, 0.5) is 0 Å². The molecule has 16 heavy (non-hydrogen) atoms. The Morgan fingerprint density at radius 1 is 1.38 bits per heavy atom. The van der Waals surface area contributed by atoms with E-state index in [9.17, 15) is 0 Å². The van der Waals surface area contributed by atoms with E-state index in [1.54, 1.807) is 0 Å². The number of hydrogen-bond acceptors (Lipinski definition) is 3. The molecule has 0 spiro atoms. The highest BCUT2D eigenvalue weighted by molar-refractivity contribution is 5.04. The van der Waals surface area contributed by atoms with Crippen LogP contribution in [0.1, 0.15) is 33.6 Å². The standard InChI is InChI=1S/C13H29N3/c1-11-8-12(2,3)9-13(11,10-14)15-6-7-16(4)5/h11,15H,6-10,14H2,1-5H3. The molecular formula is C13H29N3. The SMILES string of the molecule is CC1CC(C)(C)CC1(CN)NCCN(C)C. The first-order chi connectivity index (χ1) is 7.31. The fourth-order valence-corrected chi connectivity index (χ4v) is 3.24. The number of rotatable bonds is 5. The molecule has 2 atom stereocenters. The summed E-state index contributed by atoms with van der Waals surface area (Å²) in [6, 6.07) is 0. The fraction of sp³-hybridized carbons (Fsp3) is 1.00. The van der Waals surface area contributed by atoms with Gasteiger partial charge in [0.25, 0.3) is 0 Å². The lowest BCUT2D eigenvalue weighted by Gasteiger charge is -2.35. The summed E-state index contributed by atoms with van der Waals surface area (Å²) in [5.41, 5.74) is 6.62. The van der Waals surface area contributed by atoms with Crippen molar-refractivity contribution in [2.45, 2.75) is 39.2 Å². The Labute approximate surface area is 101 Å². The molecule has 0 amide bonds. The van der Waals surface area contributed by atoms with Gasteiger partial charge in [0.05, 0.1) is 0 Å². The normalized spacial score (nSPS) is 33.6. The molecule has 2 unspecified atom stereocenters. The number of nitrogens with zero attached hydrogens (tertiary/aromatic N) is 1. The van der Waals surface area contributed by atoms with E-state index in [1.807, 2.05) is 0 Å². The summed E-state index contributed by atoms with van der Waals surface area (Å²) in [4.78, 5) is 2.21. The number of hydrogen-bond donors (Lipinski definition) is 2. The first kappa shape index (κ1) is 13.9. The van der Waals surface area contributed by atoms with E-state index in [4.69, 9.17) is 5.73 Å². The van der Waals surface area contributed by atoms with Crippen LogP contribution in [-0.2, 0) is 0 Å². The first-order valence-corrected chi connectivity index (χ1v) is 6.41. The van der Waals surface area contributed by atoms with Crippen molar-refractivity contribution in [1.29, 1.82) is 0 Å². The minimum absolute atomic E-state index is 0.166. The van der Waals surface area contributed by atoms with Gasteiger partial charge in [-0.1, -0.05) is 20.8 Å². The third-order valence-corrected chi connectivity index (χ3v) is 4.00. The third kappa shape index (κ3) is 3.19. The minimum Gasteiger partial charge on any atom is -0.329 e. The van der Waals surface area contributed by atoms with Gasteiger partial charge in [-0.2, -0.15) is 0 Å². The number of nitrogens with one attached hydrogen (secondary N) is 1. The van der Waals surface area contributed by atoms with Gasteiger partial charge in [0.1, 0.15) is 0 Å². The Morgan fingerprint density at radius 3 is 2.38 bits per heavy atom. The maximum atomic E-state index is 6.02. The van der Waals surface area contributed by atoms with Crippen molar-refractivity contribution in [3.63, 3.8) is 0 Å². The highest BCUT2D eigenvalue weighted by Gasteiger charge is 2.47. The molecule has 0 saturated heterocycles. The summed E-state index contributed by atoms with van der Waals surface area (Å²) in [6.07, 6.45) is 2.48. The van der Waals surface area contributed by atoms with Crippen LogP contribution in [0.15, 0.2) is 0 Å². The molecular weight excluding hydrogens is 198 g/mol. The van der Waals surface area contributed by atoms with Crippen LogP contribution < -0.4 is 11.1 Å². The van der Waals surface area contributed by atoms with Crippen molar-refractivity contribution in [1.82, 2.24) is 10.2 Å². The molecule has 1 aliphatic carbocycles. The van der Waals surface area contributed by atoms with Crippen LogP contribution in [0, 0.1) is 11.3 Å². The minimum atomic E-state index is 0.166. The number of nitrogens with two attached hydrogens (primary N) is 1. The second-order valence-electron chi connectivity index (χ2n) is 6.54. The van der Waals surface area contributed by atoms with Gasteiger partial charge in [-0.25, -0.2) is 0 Å². The molecule has 1 fully saturated rings. The van der Waals surface area contributed by atoms with Gasteiger partial charge in [-0.05, 0) is 38.3 Å². The van der Waals surface area contributed by atoms with E-state index in [-0.39, 0.29) is 5.54 Å². The van der Waals surface area contributed by atoms with Crippen LogP contribution in [0.5, 0.6) is 0 Å². The smallest absolute Gasteiger partial charge is 0.0335 e. The molecule has 96 valence electrons.